The van der Waals surface area contributed by atoms with Crippen molar-refractivity contribution in [3.05, 3.63) is 60.1 Å². The number of Topliss-reactive ketones (excluding diaryl/α,β-unsaturated/α-hetero) is 1. The molecule has 1 N–H and O–H groups in total. The predicted molar refractivity (Wildman–Crippen MR) is 65.8 cm³/mol. The van der Waals surface area contributed by atoms with Crippen LogP contribution in [0, 0.1) is 0 Å². The molecule has 2 rings (SSSR count). The van der Waals surface area contributed by atoms with E-state index < -0.39 is 0 Å². The first-order valence-corrected chi connectivity index (χ1v) is 5.62. The van der Waals surface area contributed by atoms with Crippen LogP contribution in [-0.2, 0) is 6.54 Å². The van der Waals surface area contributed by atoms with Crippen molar-refractivity contribution in [1.29, 1.82) is 0 Å². The van der Waals surface area contributed by atoms with Gasteiger partial charge in [-0.1, -0.05) is 30.3 Å². The van der Waals surface area contributed by atoms with E-state index in [2.05, 4.69) is 5.32 Å². The first-order valence-electron chi connectivity index (χ1n) is 5.62. The van der Waals surface area contributed by atoms with Gasteiger partial charge < -0.3 is 9.73 Å². The average molecular weight is 229 g/mol. The topological polar surface area (TPSA) is 42.2 Å². The summed E-state index contributed by atoms with van der Waals surface area (Å²) in [6.45, 7) is 2.42. The molecule has 0 saturated heterocycles. The minimum Gasteiger partial charge on any atom is -0.468 e. The van der Waals surface area contributed by atoms with Gasteiger partial charge in [-0.3, -0.25) is 4.79 Å². The molecule has 0 radical (unpaired) electrons. The van der Waals surface area contributed by atoms with Crippen LogP contribution in [0.25, 0.3) is 0 Å². The molecule has 88 valence electrons. The van der Waals surface area contributed by atoms with Crippen LogP contribution in [0.2, 0.25) is 0 Å². The molecule has 0 amide bonds. The Kier molecular flexibility index (Phi) is 3.73. The van der Waals surface area contributed by atoms with Gasteiger partial charge in [0.1, 0.15) is 5.76 Å². The van der Waals surface area contributed by atoms with Gasteiger partial charge in [-0.25, -0.2) is 0 Å². The Labute approximate surface area is 100 Å². The lowest BCUT2D eigenvalue weighted by atomic mass is 10.1. The fourth-order valence-corrected chi connectivity index (χ4v) is 1.61. The molecule has 1 atom stereocenters. The Balaban J connectivity index is 1.92. The van der Waals surface area contributed by atoms with Gasteiger partial charge >= 0.3 is 0 Å². The first-order chi connectivity index (χ1) is 8.27. The highest BCUT2D eigenvalue weighted by atomic mass is 16.3. The highest BCUT2D eigenvalue weighted by Gasteiger charge is 2.14. The van der Waals surface area contributed by atoms with Gasteiger partial charge in [0.25, 0.3) is 0 Å². The standard InChI is InChI=1S/C14H15NO2/c1-11(15-10-13-8-5-9-17-13)14(16)12-6-3-2-4-7-12/h2-9,11,15H,10H2,1H3. The molecule has 3 heteroatoms. The van der Waals surface area contributed by atoms with Crippen LogP contribution in [0.1, 0.15) is 23.0 Å². The van der Waals surface area contributed by atoms with Crippen molar-refractivity contribution in [2.45, 2.75) is 19.5 Å². The Morgan fingerprint density at radius 2 is 2.00 bits per heavy atom. The van der Waals surface area contributed by atoms with Crippen LogP contribution < -0.4 is 5.32 Å². The molecule has 0 saturated carbocycles. The summed E-state index contributed by atoms with van der Waals surface area (Å²) in [5.74, 6) is 0.926. The minimum absolute atomic E-state index is 0.0946. The van der Waals surface area contributed by atoms with Crippen LogP contribution in [0.5, 0.6) is 0 Å². The van der Waals surface area contributed by atoms with Gasteiger partial charge in [-0.15, -0.1) is 0 Å². The number of ketones is 1. The molecule has 0 bridgehead atoms. The summed E-state index contributed by atoms with van der Waals surface area (Å²) >= 11 is 0. The number of furan rings is 1. The number of rotatable bonds is 5. The maximum absolute atomic E-state index is 12.0. The fraction of sp³-hybridized carbons (Fsp3) is 0.214. The van der Waals surface area contributed by atoms with Crippen molar-refractivity contribution in [2.75, 3.05) is 0 Å². The number of benzene rings is 1. The molecule has 1 aromatic heterocycles. The summed E-state index contributed by atoms with van der Waals surface area (Å²) in [6.07, 6.45) is 1.63. The van der Waals surface area contributed by atoms with E-state index in [1.165, 1.54) is 0 Å². The van der Waals surface area contributed by atoms with Crippen molar-refractivity contribution in [3.8, 4) is 0 Å². The SMILES string of the molecule is CC(NCc1ccco1)C(=O)c1ccccc1. The zero-order valence-electron chi connectivity index (χ0n) is 9.72. The zero-order valence-corrected chi connectivity index (χ0v) is 9.72. The highest BCUT2D eigenvalue weighted by Crippen LogP contribution is 2.05. The van der Waals surface area contributed by atoms with E-state index in [0.29, 0.717) is 6.54 Å². The van der Waals surface area contributed by atoms with Crippen LogP contribution in [-0.4, -0.2) is 11.8 Å². The van der Waals surface area contributed by atoms with Crippen molar-refractivity contribution >= 4 is 5.78 Å². The van der Waals surface area contributed by atoms with Crippen molar-refractivity contribution in [1.82, 2.24) is 5.32 Å². The van der Waals surface area contributed by atoms with Crippen LogP contribution in [0.4, 0.5) is 0 Å². The molecule has 0 aliphatic heterocycles. The number of carbonyl (C=O) groups is 1. The summed E-state index contributed by atoms with van der Waals surface area (Å²) < 4.78 is 5.20. The molecule has 17 heavy (non-hydrogen) atoms. The van der Waals surface area contributed by atoms with Crippen molar-refractivity contribution in [3.63, 3.8) is 0 Å². The molecule has 1 aromatic carbocycles. The second kappa shape index (κ2) is 5.46. The van der Waals surface area contributed by atoms with Gasteiger partial charge in [0.15, 0.2) is 5.78 Å². The Bertz CT molecular complexity index is 462. The summed E-state index contributed by atoms with van der Waals surface area (Å²) in [5.41, 5.74) is 0.729. The molecule has 1 unspecified atom stereocenters. The lowest BCUT2D eigenvalue weighted by Gasteiger charge is -2.11. The van der Waals surface area contributed by atoms with Crippen molar-refractivity contribution in [2.24, 2.45) is 0 Å². The second-order valence-electron chi connectivity index (χ2n) is 3.91. The summed E-state index contributed by atoms with van der Waals surface area (Å²) in [6, 6.07) is 12.8. The molecule has 0 spiro atoms. The largest absolute Gasteiger partial charge is 0.468 e. The van der Waals surface area contributed by atoms with Gasteiger partial charge in [0.2, 0.25) is 0 Å². The Morgan fingerprint density at radius 3 is 2.65 bits per heavy atom. The first kappa shape index (κ1) is 11.6. The van der Waals surface area contributed by atoms with E-state index in [9.17, 15) is 4.79 Å². The summed E-state index contributed by atoms with van der Waals surface area (Å²) in [4.78, 5) is 12.0. The zero-order chi connectivity index (χ0) is 12.1. The van der Waals surface area contributed by atoms with Gasteiger partial charge in [0.05, 0.1) is 18.8 Å². The number of carbonyl (C=O) groups excluding carboxylic acids is 1. The van der Waals surface area contributed by atoms with Gasteiger partial charge in [-0.2, -0.15) is 0 Å². The molecule has 3 nitrogen and oxygen atoms in total. The summed E-state index contributed by atoms with van der Waals surface area (Å²) in [7, 11) is 0. The van der Waals surface area contributed by atoms with E-state index in [1.807, 2.05) is 49.4 Å². The quantitative estimate of drug-likeness (QED) is 0.801. The lowest BCUT2D eigenvalue weighted by Crippen LogP contribution is -2.33. The van der Waals surface area contributed by atoms with Gasteiger partial charge in [0, 0.05) is 5.56 Å². The molecular weight excluding hydrogens is 214 g/mol. The Morgan fingerprint density at radius 1 is 1.24 bits per heavy atom. The van der Waals surface area contributed by atoms with Crippen LogP contribution in [0.3, 0.4) is 0 Å². The summed E-state index contributed by atoms with van der Waals surface area (Å²) in [5, 5.41) is 3.14. The second-order valence-corrected chi connectivity index (χ2v) is 3.91. The third-order valence-corrected chi connectivity index (χ3v) is 2.61. The molecule has 1 heterocycles. The van der Waals surface area contributed by atoms with Crippen LogP contribution in [0.15, 0.2) is 53.1 Å². The third-order valence-electron chi connectivity index (χ3n) is 2.61. The molecular formula is C14H15NO2. The minimum atomic E-state index is -0.220. The highest BCUT2D eigenvalue weighted by molar-refractivity contribution is 5.99. The van der Waals surface area contributed by atoms with E-state index in [1.54, 1.807) is 6.26 Å². The lowest BCUT2D eigenvalue weighted by molar-refractivity contribution is 0.0949. The normalized spacial score (nSPS) is 12.3. The van der Waals surface area contributed by atoms with E-state index in [0.717, 1.165) is 11.3 Å². The molecule has 2 aromatic rings. The van der Waals surface area contributed by atoms with Crippen LogP contribution >= 0.6 is 0 Å². The Hall–Kier alpha value is -1.87. The van der Waals surface area contributed by atoms with E-state index in [4.69, 9.17) is 4.42 Å². The van der Waals surface area contributed by atoms with E-state index >= 15 is 0 Å². The maximum Gasteiger partial charge on any atom is 0.179 e. The van der Waals surface area contributed by atoms with Crippen molar-refractivity contribution < 1.29 is 9.21 Å². The molecule has 0 fully saturated rings. The average Bonchev–Trinajstić information content (AvgIpc) is 2.89. The maximum atomic E-state index is 12.0. The molecule has 0 aliphatic rings. The number of hydrogen-bond acceptors (Lipinski definition) is 3. The fourth-order valence-electron chi connectivity index (χ4n) is 1.61. The number of hydrogen-bond donors (Lipinski definition) is 1. The smallest absolute Gasteiger partial charge is 0.179 e. The van der Waals surface area contributed by atoms with E-state index in [-0.39, 0.29) is 11.8 Å². The number of nitrogens with one attached hydrogen (secondary N) is 1. The molecule has 0 aliphatic carbocycles. The van der Waals surface area contributed by atoms with Gasteiger partial charge in [-0.05, 0) is 19.1 Å². The third kappa shape index (κ3) is 3.04. The predicted octanol–water partition coefficient (Wildman–Crippen LogP) is 2.64. The monoisotopic (exact) mass is 229 g/mol.